The molecule has 1 rings (SSSR count). The van der Waals surface area contributed by atoms with Crippen molar-refractivity contribution in [2.24, 2.45) is 0 Å². The summed E-state index contributed by atoms with van der Waals surface area (Å²) in [4.78, 5) is 10.8. The third-order valence-electron chi connectivity index (χ3n) is 2.33. The van der Waals surface area contributed by atoms with Crippen LogP contribution in [0.15, 0.2) is 0 Å². The molecule has 1 saturated heterocycles. The van der Waals surface area contributed by atoms with E-state index >= 15 is 0 Å². The van der Waals surface area contributed by atoms with E-state index in [0.29, 0.717) is 13.1 Å². The number of hydrogen-bond acceptors (Lipinski definition) is 4. The first-order valence-electron chi connectivity index (χ1n) is 4.96. The van der Waals surface area contributed by atoms with Crippen molar-refractivity contribution in [3.05, 3.63) is 0 Å². The van der Waals surface area contributed by atoms with Crippen LogP contribution >= 0.6 is 0 Å². The quantitative estimate of drug-likeness (QED) is 0.633. The zero-order chi connectivity index (χ0) is 12.2. The van der Waals surface area contributed by atoms with Gasteiger partial charge in [0.25, 0.3) is 10.2 Å². The zero-order valence-electron chi connectivity index (χ0n) is 9.05. The number of hydrogen-bond donors (Lipinski definition) is 2. The topological polar surface area (TPSA) is 95.9 Å². The molecule has 0 aromatic heterocycles. The van der Waals surface area contributed by atoms with Crippen molar-refractivity contribution in [1.29, 1.82) is 0 Å². The van der Waals surface area contributed by atoms with Crippen molar-refractivity contribution in [1.82, 2.24) is 9.03 Å². The summed E-state index contributed by atoms with van der Waals surface area (Å²) in [5.74, 6) is -1.25. The van der Waals surface area contributed by atoms with Crippen LogP contribution in [0, 0.1) is 0 Å². The number of carboxylic acids is 1. The number of methoxy groups -OCH3 is 1. The van der Waals surface area contributed by atoms with Crippen LogP contribution in [0.1, 0.15) is 12.8 Å². The maximum absolute atomic E-state index is 11.7. The first-order valence-corrected chi connectivity index (χ1v) is 6.40. The first kappa shape index (κ1) is 13.4. The number of nitrogens with one attached hydrogen (secondary N) is 1. The highest BCUT2D eigenvalue weighted by atomic mass is 32.2. The summed E-state index contributed by atoms with van der Waals surface area (Å²) in [7, 11) is -2.38. The van der Waals surface area contributed by atoms with E-state index in [4.69, 9.17) is 5.11 Å². The van der Waals surface area contributed by atoms with Gasteiger partial charge in [-0.2, -0.15) is 17.4 Å². The third kappa shape index (κ3) is 3.41. The van der Waals surface area contributed by atoms with Crippen LogP contribution < -0.4 is 4.72 Å². The molecule has 16 heavy (non-hydrogen) atoms. The number of nitrogens with zero attached hydrogens (tertiary/aromatic N) is 1. The molecule has 0 aromatic rings. The molecule has 0 aromatic carbocycles. The molecule has 0 saturated carbocycles. The molecule has 7 nitrogen and oxygen atoms in total. The van der Waals surface area contributed by atoms with Gasteiger partial charge < -0.3 is 9.84 Å². The lowest BCUT2D eigenvalue weighted by Crippen LogP contribution is -2.49. The Bertz CT molecular complexity index is 336. The monoisotopic (exact) mass is 252 g/mol. The Balaban J connectivity index is 2.65. The highest BCUT2D eigenvalue weighted by molar-refractivity contribution is 7.87. The van der Waals surface area contributed by atoms with Gasteiger partial charge in [-0.05, 0) is 12.8 Å². The second-order valence-electron chi connectivity index (χ2n) is 3.58. The van der Waals surface area contributed by atoms with Crippen LogP contribution in [0.3, 0.4) is 0 Å². The highest BCUT2D eigenvalue weighted by Gasteiger charge is 2.30. The Morgan fingerprint density at radius 2 is 2.06 bits per heavy atom. The van der Waals surface area contributed by atoms with Crippen LogP contribution in [-0.2, 0) is 19.7 Å². The summed E-state index contributed by atoms with van der Waals surface area (Å²) in [5.41, 5.74) is 0. The molecule has 1 atom stereocenters. The Morgan fingerprint density at radius 1 is 1.50 bits per heavy atom. The van der Waals surface area contributed by atoms with E-state index < -0.39 is 22.2 Å². The smallest absolute Gasteiger partial charge is 0.324 e. The van der Waals surface area contributed by atoms with Gasteiger partial charge >= 0.3 is 5.97 Å². The lowest BCUT2D eigenvalue weighted by atomic mass is 10.3. The average Bonchev–Trinajstić information content (AvgIpc) is 2.69. The van der Waals surface area contributed by atoms with Crippen molar-refractivity contribution < 1.29 is 23.1 Å². The number of ether oxygens (including phenoxy) is 1. The van der Waals surface area contributed by atoms with Gasteiger partial charge in [0.2, 0.25) is 0 Å². The fraction of sp³-hybridized carbons (Fsp3) is 0.875. The largest absolute Gasteiger partial charge is 0.480 e. The molecule has 0 bridgehead atoms. The maximum Gasteiger partial charge on any atom is 0.324 e. The molecule has 2 N–H and O–H groups in total. The van der Waals surface area contributed by atoms with Gasteiger partial charge in [0.1, 0.15) is 6.04 Å². The van der Waals surface area contributed by atoms with Gasteiger partial charge in [0.05, 0.1) is 6.61 Å². The fourth-order valence-corrected chi connectivity index (χ4v) is 2.92. The minimum atomic E-state index is -3.70. The number of aliphatic carboxylic acids is 1. The van der Waals surface area contributed by atoms with Gasteiger partial charge in [-0.25, -0.2) is 0 Å². The molecule has 1 heterocycles. The van der Waals surface area contributed by atoms with Crippen molar-refractivity contribution in [3.8, 4) is 0 Å². The molecule has 1 aliphatic heterocycles. The molecule has 0 aliphatic carbocycles. The van der Waals surface area contributed by atoms with Gasteiger partial charge in [-0.15, -0.1) is 0 Å². The van der Waals surface area contributed by atoms with E-state index in [1.54, 1.807) is 0 Å². The standard InChI is InChI=1S/C8H16N2O5S/c1-15-6-7(8(11)12)9-16(13,14)10-4-2-3-5-10/h7,9H,2-6H2,1H3,(H,11,12). The van der Waals surface area contributed by atoms with Gasteiger partial charge in [0, 0.05) is 20.2 Å². The van der Waals surface area contributed by atoms with Gasteiger partial charge in [0.15, 0.2) is 0 Å². The fourth-order valence-electron chi connectivity index (χ4n) is 1.51. The first-order chi connectivity index (χ1) is 7.47. The van der Waals surface area contributed by atoms with E-state index in [0.717, 1.165) is 12.8 Å². The molecule has 1 aliphatic rings. The van der Waals surface area contributed by atoms with Crippen molar-refractivity contribution in [2.45, 2.75) is 18.9 Å². The van der Waals surface area contributed by atoms with Crippen molar-refractivity contribution >= 4 is 16.2 Å². The molecule has 0 radical (unpaired) electrons. The molecule has 94 valence electrons. The highest BCUT2D eigenvalue weighted by Crippen LogP contribution is 2.11. The minimum Gasteiger partial charge on any atom is -0.480 e. The van der Waals surface area contributed by atoms with Crippen LogP contribution in [0.25, 0.3) is 0 Å². The lowest BCUT2D eigenvalue weighted by molar-refractivity contribution is -0.140. The van der Waals surface area contributed by atoms with Crippen LogP contribution in [0.4, 0.5) is 0 Å². The van der Waals surface area contributed by atoms with Crippen LogP contribution in [-0.4, -0.2) is 56.6 Å². The minimum absolute atomic E-state index is 0.192. The number of carbonyl (C=O) groups is 1. The van der Waals surface area contributed by atoms with E-state index in [9.17, 15) is 13.2 Å². The Labute approximate surface area is 94.6 Å². The molecular formula is C8H16N2O5S. The summed E-state index contributed by atoms with van der Waals surface area (Å²) in [5, 5.41) is 8.79. The number of rotatable bonds is 6. The third-order valence-corrected chi connectivity index (χ3v) is 3.95. The molecular weight excluding hydrogens is 236 g/mol. The lowest BCUT2D eigenvalue weighted by Gasteiger charge is -2.19. The second kappa shape index (κ2) is 5.58. The molecule has 8 heteroatoms. The van der Waals surface area contributed by atoms with Gasteiger partial charge in [-0.1, -0.05) is 0 Å². The molecule has 0 amide bonds. The van der Waals surface area contributed by atoms with Crippen LogP contribution in [0.5, 0.6) is 0 Å². The summed E-state index contributed by atoms with van der Waals surface area (Å²) in [6.07, 6.45) is 1.62. The SMILES string of the molecule is COCC(NS(=O)(=O)N1CCCC1)C(=O)O. The van der Waals surface area contributed by atoms with E-state index in [-0.39, 0.29) is 6.61 Å². The van der Waals surface area contributed by atoms with E-state index in [1.165, 1.54) is 11.4 Å². The van der Waals surface area contributed by atoms with Crippen molar-refractivity contribution in [2.75, 3.05) is 26.8 Å². The zero-order valence-corrected chi connectivity index (χ0v) is 9.87. The Kier molecular flexibility index (Phi) is 4.66. The van der Waals surface area contributed by atoms with E-state index in [1.807, 2.05) is 0 Å². The predicted molar refractivity (Wildman–Crippen MR) is 56.2 cm³/mol. The Hall–Kier alpha value is -0.700. The molecule has 1 fully saturated rings. The molecule has 0 spiro atoms. The second-order valence-corrected chi connectivity index (χ2v) is 5.28. The normalized spacial score (nSPS) is 19.8. The Morgan fingerprint density at radius 3 is 2.50 bits per heavy atom. The average molecular weight is 252 g/mol. The predicted octanol–water partition coefficient (Wildman–Crippen LogP) is -0.984. The van der Waals surface area contributed by atoms with Crippen LogP contribution in [0.2, 0.25) is 0 Å². The number of carboxylic acid groups (broad SMARTS) is 1. The van der Waals surface area contributed by atoms with E-state index in [2.05, 4.69) is 9.46 Å². The summed E-state index contributed by atoms with van der Waals surface area (Å²) in [6.45, 7) is 0.686. The summed E-state index contributed by atoms with van der Waals surface area (Å²) < 4.78 is 31.4. The van der Waals surface area contributed by atoms with Crippen molar-refractivity contribution in [3.63, 3.8) is 0 Å². The summed E-state index contributed by atoms with van der Waals surface area (Å²) >= 11 is 0. The molecule has 1 unspecified atom stereocenters. The van der Waals surface area contributed by atoms with Gasteiger partial charge in [-0.3, -0.25) is 4.79 Å². The summed E-state index contributed by atoms with van der Waals surface area (Å²) in [6, 6.07) is -1.24. The maximum atomic E-state index is 11.7.